The van der Waals surface area contributed by atoms with Crippen LogP contribution in [0.15, 0.2) is 28.0 Å². The van der Waals surface area contributed by atoms with Crippen LogP contribution < -0.4 is 4.72 Å². The van der Waals surface area contributed by atoms with Crippen molar-refractivity contribution in [1.29, 1.82) is 0 Å². The van der Waals surface area contributed by atoms with Gasteiger partial charge in [0.2, 0.25) is 10.0 Å². The van der Waals surface area contributed by atoms with Crippen LogP contribution in [0.4, 0.5) is 4.39 Å². The van der Waals surface area contributed by atoms with Crippen LogP contribution in [-0.4, -0.2) is 23.4 Å². The highest BCUT2D eigenvalue weighted by Crippen LogP contribution is 2.21. The summed E-state index contributed by atoms with van der Waals surface area (Å²) in [5.41, 5.74) is 0. The van der Waals surface area contributed by atoms with Gasteiger partial charge in [0.25, 0.3) is 9.05 Å². The Morgan fingerprint density at radius 1 is 1.32 bits per heavy atom. The summed E-state index contributed by atoms with van der Waals surface area (Å²) in [5.74, 6) is 3.71. The van der Waals surface area contributed by atoms with Gasteiger partial charge in [0, 0.05) is 10.7 Å². The van der Waals surface area contributed by atoms with Crippen molar-refractivity contribution >= 4 is 29.8 Å². The van der Waals surface area contributed by atoms with Crippen molar-refractivity contribution in [3.63, 3.8) is 0 Å². The Bertz CT molecular complexity index is 747. The molecule has 1 rings (SSSR count). The quantitative estimate of drug-likeness (QED) is 0.663. The highest BCUT2D eigenvalue weighted by atomic mass is 35.7. The minimum Gasteiger partial charge on any atom is -0.207 e. The number of hydrogen-bond donors (Lipinski definition) is 1. The maximum atomic E-state index is 13.6. The van der Waals surface area contributed by atoms with Crippen LogP contribution in [0.1, 0.15) is 6.92 Å². The topological polar surface area (TPSA) is 80.3 Å². The molecule has 0 saturated carbocycles. The zero-order valence-corrected chi connectivity index (χ0v) is 12.0. The van der Waals surface area contributed by atoms with E-state index in [0.717, 1.165) is 12.1 Å². The Morgan fingerprint density at radius 2 is 1.95 bits per heavy atom. The number of benzene rings is 1. The van der Waals surface area contributed by atoms with Gasteiger partial charge in [0.15, 0.2) is 0 Å². The van der Waals surface area contributed by atoms with Crippen molar-refractivity contribution in [3.05, 3.63) is 24.0 Å². The summed E-state index contributed by atoms with van der Waals surface area (Å²) >= 11 is 0. The zero-order chi connectivity index (χ0) is 14.7. The van der Waals surface area contributed by atoms with E-state index in [-0.39, 0.29) is 6.54 Å². The van der Waals surface area contributed by atoms with Crippen molar-refractivity contribution in [2.24, 2.45) is 0 Å². The molecule has 0 fully saturated rings. The van der Waals surface area contributed by atoms with Gasteiger partial charge in [-0.2, -0.15) is 4.72 Å². The van der Waals surface area contributed by atoms with Crippen LogP contribution >= 0.6 is 10.7 Å². The second-order valence-corrected chi connectivity index (χ2v) is 7.58. The fourth-order valence-corrected chi connectivity index (χ4v) is 2.89. The van der Waals surface area contributed by atoms with E-state index < -0.39 is 34.7 Å². The Labute approximate surface area is 115 Å². The highest BCUT2D eigenvalue weighted by Gasteiger charge is 2.21. The summed E-state index contributed by atoms with van der Waals surface area (Å²) < 4.78 is 61.0. The molecule has 9 heteroatoms. The maximum Gasteiger partial charge on any atom is 0.261 e. The van der Waals surface area contributed by atoms with Crippen molar-refractivity contribution in [2.75, 3.05) is 6.54 Å². The van der Waals surface area contributed by atoms with E-state index in [9.17, 15) is 21.2 Å². The fraction of sp³-hybridized carbons (Fsp3) is 0.200. The number of hydrogen-bond acceptors (Lipinski definition) is 4. The van der Waals surface area contributed by atoms with Gasteiger partial charge in [-0.1, -0.05) is 5.92 Å². The summed E-state index contributed by atoms with van der Waals surface area (Å²) in [6, 6.07) is 2.28. The van der Waals surface area contributed by atoms with Gasteiger partial charge in [0.05, 0.1) is 11.4 Å². The Balaban J connectivity index is 3.19. The van der Waals surface area contributed by atoms with Gasteiger partial charge in [-0.3, -0.25) is 0 Å². The summed E-state index contributed by atoms with van der Waals surface area (Å²) in [5, 5.41) is 0. The lowest BCUT2D eigenvalue weighted by atomic mass is 10.3. The van der Waals surface area contributed by atoms with Crippen LogP contribution in [0.25, 0.3) is 0 Å². The van der Waals surface area contributed by atoms with Gasteiger partial charge in [-0.15, -0.1) is 5.92 Å². The molecule has 1 aromatic carbocycles. The van der Waals surface area contributed by atoms with Gasteiger partial charge >= 0.3 is 0 Å². The summed E-state index contributed by atoms with van der Waals surface area (Å²) in [6.07, 6.45) is 0. The summed E-state index contributed by atoms with van der Waals surface area (Å²) in [7, 11) is -3.18. The second kappa shape index (κ2) is 5.88. The average molecular weight is 326 g/mol. The van der Waals surface area contributed by atoms with Crippen molar-refractivity contribution in [1.82, 2.24) is 4.72 Å². The molecule has 0 saturated heterocycles. The first-order chi connectivity index (χ1) is 8.68. The van der Waals surface area contributed by atoms with E-state index in [1.807, 2.05) is 0 Å². The number of halogens is 2. The first-order valence-electron chi connectivity index (χ1n) is 4.82. The van der Waals surface area contributed by atoms with E-state index in [1.54, 1.807) is 0 Å². The molecule has 1 N–H and O–H groups in total. The number of sulfonamides is 1. The molecule has 0 aliphatic carbocycles. The molecule has 5 nitrogen and oxygen atoms in total. The molecule has 0 aliphatic heterocycles. The molecular weight excluding hydrogens is 317 g/mol. The number of rotatable bonds is 4. The van der Waals surface area contributed by atoms with E-state index in [1.165, 1.54) is 6.92 Å². The van der Waals surface area contributed by atoms with Crippen molar-refractivity contribution in [3.8, 4) is 11.8 Å². The molecular formula is C10H9ClFNO4S2. The minimum absolute atomic E-state index is 0.173. The largest absolute Gasteiger partial charge is 0.261 e. The molecule has 1 aromatic rings. The van der Waals surface area contributed by atoms with Crippen LogP contribution in [0.3, 0.4) is 0 Å². The van der Waals surface area contributed by atoms with Gasteiger partial charge < -0.3 is 0 Å². The lowest BCUT2D eigenvalue weighted by Crippen LogP contribution is -2.25. The Morgan fingerprint density at radius 3 is 2.42 bits per heavy atom. The first-order valence-corrected chi connectivity index (χ1v) is 8.61. The molecule has 0 heterocycles. The van der Waals surface area contributed by atoms with Crippen LogP contribution in [0.5, 0.6) is 0 Å². The molecule has 104 valence electrons. The molecule has 19 heavy (non-hydrogen) atoms. The smallest absolute Gasteiger partial charge is 0.207 e. The Hall–Kier alpha value is -1.14. The molecule has 0 amide bonds. The third-order valence-electron chi connectivity index (χ3n) is 2.00. The monoisotopic (exact) mass is 325 g/mol. The molecule has 0 atom stereocenters. The molecule has 0 bridgehead atoms. The minimum atomic E-state index is -4.11. The van der Waals surface area contributed by atoms with Crippen molar-refractivity contribution < 1.29 is 21.2 Å². The predicted molar refractivity (Wildman–Crippen MR) is 68.1 cm³/mol. The third kappa shape index (κ3) is 4.18. The second-order valence-electron chi connectivity index (χ2n) is 3.28. The first kappa shape index (κ1) is 15.9. The lowest BCUT2D eigenvalue weighted by Gasteiger charge is -2.06. The molecule has 0 unspecified atom stereocenters. The van der Waals surface area contributed by atoms with Crippen molar-refractivity contribution in [2.45, 2.75) is 16.7 Å². The third-order valence-corrected chi connectivity index (χ3v) is 4.79. The predicted octanol–water partition coefficient (Wildman–Crippen LogP) is 1.05. The lowest BCUT2D eigenvalue weighted by molar-refractivity contribution is 0.556. The summed E-state index contributed by atoms with van der Waals surface area (Å²) in [6.45, 7) is 1.35. The van der Waals surface area contributed by atoms with E-state index in [0.29, 0.717) is 6.07 Å². The molecule has 0 aromatic heterocycles. The standard InChI is InChI=1S/C10H9ClFNO4S2/c1-2-3-6-13-19(16,17)10-5-4-8(7-9(10)12)18(11,14)15/h4-5,7,13H,6H2,1H3. The van der Waals surface area contributed by atoms with Crippen LogP contribution in [0, 0.1) is 17.7 Å². The summed E-state index contributed by atoms with van der Waals surface area (Å²) in [4.78, 5) is -1.19. The SMILES string of the molecule is CC#CCNS(=O)(=O)c1ccc(S(=O)(=O)Cl)cc1F. The van der Waals surface area contributed by atoms with Gasteiger partial charge in [-0.05, 0) is 25.1 Å². The van der Waals surface area contributed by atoms with E-state index in [4.69, 9.17) is 10.7 Å². The normalized spacial score (nSPS) is 11.7. The zero-order valence-electron chi connectivity index (χ0n) is 9.64. The fourth-order valence-electron chi connectivity index (χ4n) is 1.15. The van der Waals surface area contributed by atoms with Crippen LogP contribution in [0.2, 0.25) is 0 Å². The van der Waals surface area contributed by atoms with E-state index >= 15 is 0 Å². The molecule has 0 radical (unpaired) electrons. The highest BCUT2D eigenvalue weighted by molar-refractivity contribution is 8.13. The van der Waals surface area contributed by atoms with Crippen LogP contribution in [-0.2, 0) is 19.1 Å². The number of nitrogens with one attached hydrogen (secondary N) is 1. The average Bonchev–Trinajstić information content (AvgIpc) is 2.27. The van der Waals surface area contributed by atoms with Gasteiger partial charge in [0.1, 0.15) is 10.7 Å². The van der Waals surface area contributed by atoms with Gasteiger partial charge in [-0.25, -0.2) is 21.2 Å². The Kier molecular flexibility index (Phi) is 4.92. The van der Waals surface area contributed by atoms with E-state index in [2.05, 4.69) is 16.6 Å². The molecule has 0 spiro atoms. The molecule has 0 aliphatic rings. The maximum absolute atomic E-state index is 13.6.